The Kier molecular flexibility index (Phi) is 4.09. The van der Waals surface area contributed by atoms with Crippen molar-refractivity contribution in [3.63, 3.8) is 0 Å². The molecule has 0 unspecified atom stereocenters. The van der Waals surface area contributed by atoms with Crippen LogP contribution in [0.25, 0.3) is 10.8 Å². The highest BCUT2D eigenvalue weighted by atomic mass is 32.2. The zero-order valence-electron chi connectivity index (χ0n) is 12.1. The molecular weight excluding hydrogens is 298 g/mol. The molecule has 2 aromatic carbocycles. The molecular formula is C17H19NOS2. The lowest BCUT2D eigenvalue weighted by Gasteiger charge is -2.37. The number of benzene rings is 2. The van der Waals surface area contributed by atoms with Gasteiger partial charge in [-0.15, -0.1) is 0 Å². The average molecular weight is 317 g/mol. The molecule has 0 radical (unpaired) electrons. The molecule has 0 aromatic heterocycles. The molecule has 1 fully saturated rings. The van der Waals surface area contributed by atoms with E-state index in [1.165, 1.54) is 10.8 Å². The Morgan fingerprint density at radius 1 is 1.19 bits per heavy atom. The second-order valence-corrected chi connectivity index (χ2v) is 7.68. The Morgan fingerprint density at radius 2 is 1.95 bits per heavy atom. The Balaban J connectivity index is 2.18. The van der Waals surface area contributed by atoms with E-state index in [4.69, 9.17) is 12.2 Å². The summed E-state index contributed by atoms with van der Waals surface area (Å²) in [4.78, 5) is 0.704. The van der Waals surface area contributed by atoms with E-state index in [0.717, 1.165) is 30.6 Å². The van der Waals surface area contributed by atoms with Crippen molar-refractivity contribution in [3.05, 3.63) is 48.0 Å². The summed E-state index contributed by atoms with van der Waals surface area (Å²) in [6.45, 7) is 0. The lowest BCUT2D eigenvalue weighted by molar-refractivity contribution is 0.575. The quantitative estimate of drug-likeness (QED) is 0.859. The number of nitrogens with one attached hydrogen (secondary N) is 1. The van der Waals surface area contributed by atoms with E-state index < -0.39 is 15.5 Å². The van der Waals surface area contributed by atoms with Gasteiger partial charge in [0.05, 0.1) is 4.99 Å². The lowest BCUT2D eigenvalue weighted by atomic mass is 9.90. The van der Waals surface area contributed by atoms with Gasteiger partial charge in [-0.05, 0) is 35.2 Å². The van der Waals surface area contributed by atoms with Crippen LogP contribution in [0.15, 0.2) is 42.5 Å². The average Bonchev–Trinajstić information content (AvgIpc) is 2.54. The van der Waals surface area contributed by atoms with Crippen molar-refractivity contribution in [2.24, 2.45) is 0 Å². The molecule has 1 saturated heterocycles. The third kappa shape index (κ3) is 2.40. The minimum Gasteiger partial charge on any atom is -0.381 e. The molecule has 0 amide bonds. The first kappa shape index (κ1) is 14.7. The number of rotatable bonds is 2. The van der Waals surface area contributed by atoms with Crippen LogP contribution in [0.2, 0.25) is 0 Å². The maximum Gasteiger partial charge on any atom is 0.121 e. The standard InChI is InChI=1S/C17H19NOS2/c1-18-16(20)17(10-4-5-11-21(17)19)15-9-8-13-6-2-3-7-14(13)12-15/h2-3,6-9,12H,4-5,10-11H2,1H3,(H,18,20)/t17-,21-/m0/s1. The molecule has 21 heavy (non-hydrogen) atoms. The summed E-state index contributed by atoms with van der Waals surface area (Å²) in [5, 5.41) is 5.47. The number of hydrogen-bond acceptors (Lipinski definition) is 2. The second kappa shape index (κ2) is 5.85. The normalized spacial score (nSPS) is 25.7. The molecule has 0 spiro atoms. The molecule has 3 rings (SSSR count). The van der Waals surface area contributed by atoms with Crippen LogP contribution >= 0.6 is 12.2 Å². The number of hydrogen-bond donors (Lipinski definition) is 1. The molecule has 110 valence electrons. The molecule has 0 bridgehead atoms. The minimum absolute atomic E-state index is 0.521. The first-order valence-corrected chi connectivity index (χ1v) is 9.01. The highest BCUT2D eigenvalue weighted by molar-refractivity contribution is 7.90. The Morgan fingerprint density at radius 3 is 2.67 bits per heavy atom. The smallest absolute Gasteiger partial charge is 0.121 e. The number of thiocarbonyl (C=S) groups is 1. The van der Waals surface area contributed by atoms with Crippen molar-refractivity contribution in [1.29, 1.82) is 0 Å². The van der Waals surface area contributed by atoms with Gasteiger partial charge in [-0.2, -0.15) is 0 Å². The van der Waals surface area contributed by atoms with Crippen LogP contribution in [0.3, 0.4) is 0 Å². The highest BCUT2D eigenvalue weighted by Gasteiger charge is 2.44. The zero-order valence-corrected chi connectivity index (χ0v) is 13.7. The van der Waals surface area contributed by atoms with Crippen molar-refractivity contribution >= 4 is 38.8 Å². The molecule has 0 saturated carbocycles. The number of likely N-dealkylation sites (N-methyl/N-ethyl adjacent to an activating group) is 1. The first-order valence-electron chi connectivity index (χ1n) is 7.28. The van der Waals surface area contributed by atoms with E-state index in [9.17, 15) is 4.21 Å². The Bertz CT molecular complexity index is 703. The van der Waals surface area contributed by atoms with Gasteiger partial charge in [-0.25, -0.2) is 0 Å². The van der Waals surface area contributed by atoms with E-state index in [0.29, 0.717) is 4.99 Å². The topological polar surface area (TPSA) is 29.1 Å². The molecule has 0 aliphatic carbocycles. The molecule has 2 atom stereocenters. The van der Waals surface area contributed by atoms with Gasteiger partial charge >= 0.3 is 0 Å². The third-order valence-electron chi connectivity index (χ3n) is 4.31. The van der Waals surface area contributed by atoms with Gasteiger partial charge in [0.15, 0.2) is 0 Å². The fourth-order valence-corrected chi connectivity index (χ4v) is 5.55. The van der Waals surface area contributed by atoms with Crippen LogP contribution in [-0.2, 0) is 15.5 Å². The molecule has 4 heteroatoms. The fraction of sp³-hybridized carbons (Fsp3) is 0.353. The van der Waals surface area contributed by atoms with E-state index in [1.807, 2.05) is 19.2 Å². The largest absolute Gasteiger partial charge is 0.381 e. The maximum absolute atomic E-state index is 12.8. The van der Waals surface area contributed by atoms with E-state index >= 15 is 0 Å². The van der Waals surface area contributed by atoms with Crippen LogP contribution in [-0.4, -0.2) is 22.0 Å². The van der Waals surface area contributed by atoms with Crippen molar-refractivity contribution in [3.8, 4) is 0 Å². The van der Waals surface area contributed by atoms with Gasteiger partial charge < -0.3 is 5.32 Å². The van der Waals surface area contributed by atoms with Gasteiger partial charge in [0.25, 0.3) is 0 Å². The van der Waals surface area contributed by atoms with E-state index in [-0.39, 0.29) is 0 Å². The molecule has 2 aromatic rings. The van der Waals surface area contributed by atoms with Crippen LogP contribution in [0.1, 0.15) is 24.8 Å². The minimum atomic E-state index is -0.964. The highest BCUT2D eigenvalue weighted by Crippen LogP contribution is 2.39. The van der Waals surface area contributed by atoms with E-state index in [2.05, 4.69) is 35.6 Å². The molecule has 1 N–H and O–H groups in total. The lowest BCUT2D eigenvalue weighted by Crippen LogP contribution is -2.47. The number of fused-ring (bicyclic) bond motifs is 1. The van der Waals surface area contributed by atoms with Crippen LogP contribution in [0, 0.1) is 0 Å². The van der Waals surface area contributed by atoms with Gasteiger partial charge in [0, 0.05) is 23.6 Å². The summed E-state index contributed by atoms with van der Waals surface area (Å²) in [7, 11) is 0.866. The van der Waals surface area contributed by atoms with E-state index in [1.54, 1.807) is 0 Å². The molecule has 1 aliphatic rings. The van der Waals surface area contributed by atoms with Crippen LogP contribution in [0.4, 0.5) is 0 Å². The summed E-state index contributed by atoms with van der Waals surface area (Å²) in [5.41, 5.74) is 1.08. The summed E-state index contributed by atoms with van der Waals surface area (Å²) in [6.07, 6.45) is 2.95. The second-order valence-electron chi connectivity index (χ2n) is 5.47. The van der Waals surface area contributed by atoms with Crippen molar-refractivity contribution in [2.45, 2.75) is 24.0 Å². The molecule has 2 nitrogen and oxygen atoms in total. The zero-order chi connectivity index (χ0) is 14.9. The van der Waals surface area contributed by atoms with Crippen molar-refractivity contribution < 1.29 is 4.21 Å². The van der Waals surface area contributed by atoms with Crippen LogP contribution in [0.5, 0.6) is 0 Å². The van der Waals surface area contributed by atoms with Gasteiger partial charge in [0.1, 0.15) is 4.75 Å². The summed E-state index contributed by atoms with van der Waals surface area (Å²) < 4.78 is 12.3. The Labute approximate surface area is 133 Å². The van der Waals surface area contributed by atoms with Gasteiger partial charge in [0.2, 0.25) is 0 Å². The van der Waals surface area contributed by atoms with Gasteiger partial charge in [-0.1, -0.05) is 55.0 Å². The third-order valence-corrected chi connectivity index (χ3v) is 7.07. The fourth-order valence-electron chi connectivity index (χ4n) is 3.16. The van der Waals surface area contributed by atoms with Crippen molar-refractivity contribution in [2.75, 3.05) is 12.8 Å². The molecule has 1 aliphatic heterocycles. The summed E-state index contributed by atoms with van der Waals surface area (Å²) >= 11 is 5.57. The first-order chi connectivity index (χ1) is 10.2. The Hall–Kier alpha value is -1.26. The monoisotopic (exact) mass is 317 g/mol. The summed E-state index contributed by atoms with van der Waals surface area (Å²) in [6, 6.07) is 14.6. The molecule has 1 heterocycles. The predicted molar refractivity (Wildman–Crippen MR) is 94.1 cm³/mol. The SMILES string of the molecule is CNC(=S)[C@@]1(c2ccc3ccccc3c2)CCCC[S@@]1=O. The van der Waals surface area contributed by atoms with Gasteiger partial charge in [-0.3, -0.25) is 4.21 Å². The summed E-state index contributed by atoms with van der Waals surface area (Å²) in [5.74, 6) is 0.731. The maximum atomic E-state index is 12.8. The van der Waals surface area contributed by atoms with Crippen LogP contribution < -0.4 is 5.32 Å². The predicted octanol–water partition coefficient (Wildman–Crippen LogP) is 3.51. The van der Waals surface area contributed by atoms with Crippen molar-refractivity contribution in [1.82, 2.24) is 5.32 Å².